The number of carbonyl (C=O) groups excluding carboxylic acids is 1. The standard InChI is InChI=1S/C17H16FN5O3S/c1-10-16(23(25)26)11(2)22(21-10)8-7-14(24)20-17-15(19-9-27-17)12-3-5-13(18)6-4-12/h3-6,9H,7-8H2,1-2H3,(H,20,24). The molecule has 0 saturated carbocycles. The van der Waals surface area contributed by atoms with E-state index in [2.05, 4.69) is 15.4 Å². The number of amides is 1. The Morgan fingerprint density at radius 3 is 2.67 bits per heavy atom. The van der Waals surface area contributed by atoms with Crippen LogP contribution < -0.4 is 5.32 Å². The van der Waals surface area contributed by atoms with Crippen LogP contribution in [0, 0.1) is 29.8 Å². The molecule has 1 aromatic carbocycles. The molecule has 10 heteroatoms. The third kappa shape index (κ3) is 4.00. The Balaban J connectivity index is 1.68. The van der Waals surface area contributed by atoms with E-state index in [1.54, 1.807) is 31.5 Å². The molecule has 1 amide bonds. The first-order valence-electron chi connectivity index (χ1n) is 8.04. The fourth-order valence-corrected chi connectivity index (χ4v) is 3.43. The highest BCUT2D eigenvalue weighted by molar-refractivity contribution is 7.14. The van der Waals surface area contributed by atoms with Crippen molar-refractivity contribution in [1.82, 2.24) is 14.8 Å². The molecule has 0 unspecified atom stereocenters. The third-order valence-electron chi connectivity index (χ3n) is 4.01. The molecule has 0 atom stereocenters. The number of rotatable bonds is 6. The van der Waals surface area contributed by atoms with Crippen LogP contribution in [0.15, 0.2) is 29.8 Å². The van der Waals surface area contributed by atoms with Gasteiger partial charge in [0.15, 0.2) is 0 Å². The van der Waals surface area contributed by atoms with E-state index in [4.69, 9.17) is 0 Å². The van der Waals surface area contributed by atoms with E-state index < -0.39 is 4.92 Å². The fraction of sp³-hybridized carbons (Fsp3) is 0.235. The molecule has 140 valence electrons. The molecule has 27 heavy (non-hydrogen) atoms. The van der Waals surface area contributed by atoms with Crippen LogP contribution >= 0.6 is 11.3 Å². The molecule has 0 aliphatic carbocycles. The smallest absolute Gasteiger partial charge is 0.312 e. The summed E-state index contributed by atoms with van der Waals surface area (Å²) in [7, 11) is 0. The minimum atomic E-state index is -0.472. The van der Waals surface area contributed by atoms with Crippen LogP contribution in [0.1, 0.15) is 17.8 Å². The number of anilines is 1. The Hall–Kier alpha value is -3.14. The minimum absolute atomic E-state index is 0.0311. The summed E-state index contributed by atoms with van der Waals surface area (Å²) in [4.78, 5) is 27.1. The van der Waals surface area contributed by atoms with E-state index in [1.165, 1.54) is 28.2 Å². The molecule has 1 N–H and O–H groups in total. The zero-order chi connectivity index (χ0) is 19.6. The highest BCUT2D eigenvalue weighted by Crippen LogP contribution is 2.30. The van der Waals surface area contributed by atoms with Crippen molar-refractivity contribution in [1.29, 1.82) is 0 Å². The molecular formula is C17H16FN5O3S. The first kappa shape index (κ1) is 18.6. The van der Waals surface area contributed by atoms with Crippen molar-refractivity contribution in [2.24, 2.45) is 0 Å². The van der Waals surface area contributed by atoms with Crippen LogP contribution in [0.4, 0.5) is 15.1 Å². The number of aryl methyl sites for hydroxylation is 2. The number of nitro groups is 1. The van der Waals surface area contributed by atoms with Crippen molar-refractivity contribution >= 4 is 27.9 Å². The summed E-state index contributed by atoms with van der Waals surface area (Å²) in [5.41, 5.74) is 3.56. The molecule has 0 radical (unpaired) electrons. The molecule has 0 saturated heterocycles. The van der Waals surface area contributed by atoms with Gasteiger partial charge in [0, 0.05) is 12.0 Å². The average Bonchev–Trinajstić information content (AvgIpc) is 3.17. The summed E-state index contributed by atoms with van der Waals surface area (Å²) in [5, 5.41) is 18.5. The van der Waals surface area contributed by atoms with E-state index >= 15 is 0 Å². The van der Waals surface area contributed by atoms with Gasteiger partial charge in [-0.15, -0.1) is 11.3 Å². The number of nitrogens with one attached hydrogen (secondary N) is 1. The van der Waals surface area contributed by atoms with E-state index in [0.29, 0.717) is 27.6 Å². The Kier molecular flexibility index (Phi) is 5.26. The maximum absolute atomic E-state index is 13.1. The largest absolute Gasteiger partial charge is 0.316 e. The Morgan fingerprint density at radius 2 is 2.04 bits per heavy atom. The summed E-state index contributed by atoms with van der Waals surface area (Å²) >= 11 is 1.26. The molecule has 0 spiro atoms. The lowest BCUT2D eigenvalue weighted by molar-refractivity contribution is -0.386. The van der Waals surface area contributed by atoms with Gasteiger partial charge in [0.25, 0.3) is 0 Å². The SMILES string of the molecule is Cc1nn(CCC(=O)Nc2scnc2-c2ccc(F)cc2)c(C)c1[N+](=O)[O-]. The van der Waals surface area contributed by atoms with Crippen molar-refractivity contribution in [3.8, 4) is 11.3 Å². The van der Waals surface area contributed by atoms with Crippen molar-refractivity contribution < 1.29 is 14.1 Å². The summed E-state index contributed by atoms with van der Waals surface area (Å²) in [5.74, 6) is -0.614. The first-order chi connectivity index (χ1) is 12.9. The van der Waals surface area contributed by atoms with Gasteiger partial charge in [-0.05, 0) is 38.1 Å². The van der Waals surface area contributed by atoms with Crippen molar-refractivity contribution in [3.05, 3.63) is 57.1 Å². The van der Waals surface area contributed by atoms with Crippen molar-refractivity contribution in [2.45, 2.75) is 26.8 Å². The highest BCUT2D eigenvalue weighted by Gasteiger charge is 2.22. The van der Waals surface area contributed by atoms with Crippen LogP contribution in [0.25, 0.3) is 11.3 Å². The lowest BCUT2D eigenvalue weighted by atomic mass is 10.1. The summed E-state index contributed by atoms with van der Waals surface area (Å²) < 4.78 is 14.5. The zero-order valence-electron chi connectivity index (χ0n) is 14.6. The number of hydrogen-bond acceptors (Lipinski definition) is 6. The predicted molar refractivity (Wildman–Crippen MR) is 99.1 cm³/mol. The maximum Gasteiger partial charge on any atom is 0.312 e. The number of hydrogen-bond donors (Lipinski definition) is 1. The molecule has 2 aromatic heterocycles. The number of carbonyl (C=O) groups is 1. The molecule has 0 aliphatic heterocycles. The van der Waals surface area contributed by atoms with E-state index in [9.17, 15) is 19.3 Å². The van der Waals surface area contributed by atoms with Crippen LogP contribution in [-0.4, -0.2) is 25.6 Å². The number of thiazole rings is 1. The average molecular weight is 389 g/mol. The van der Waals surface area contributed by atoms with Gasteiger partial charge < -0.3 is 5.32 Å². The summed E-state index contributed by atoms with van der Waals surface area (Å²) in [6.07, 6.45) is 0.0971. The van der Waals surface area contributed by atoms with Crippen molar-refractivity contribution in [2.75, 3.05) is 5.32 Å². The maximum atomic E-state index is 13.1. The molecular weight excluding hydrogens is 373 g/mol. The monoisotopic (exact) mass is 389 g/mol. The fourth-order valence-electron chi connectivity index (χ4n) is 2.71. The number of nitrogens with zero attached hydrogens (tertiary/aromatic N) is 4. The number of halogens is 1. The van der Waals surface area contributed by atoms with Gasteiger partial charge in [-0.3, -0.25) is 19.6 Å². The number of aromatic nitrogens is 3. The van der Waals surface area contributed by atoms with Crippen LogP contribution in [0.2, 0.25) is 0 Å². The predicted octanol–water partition coefficient (Wildman–Crippen LogP) is 3.70. The molecule has 0 fully saturated rings. The summed E-state index contributed by atoms with van der Waals surface area (Å²) in [6, 6.07) is 5.84. The van der Waals surface area contributed by atoms with Crippen LogP contribution in [-0.2, 0) is 11.3 Å². The van der Waals surface area contributed by atoms with E-state index in [0.717, 1.165) is 0 Å². The second kappa shape index (κ2) is 7.62. The molecule has 8 nitrogen and oxygen atoms in total. The number of benzene rings is 1. The Labute approximate surface area is 157 Å². The van der Waals surface area contributed by atoms with Gasteiger partial charge in [-0.2, -0.15) is 5.10 Å². The van der Waals surface area contributed by atoms with Gasteiger partial charge in [-0.25, -0.2) is 9.37 Å². The molecule has 2 heterocycles. The van der Waals surface area contributed by atoms with Gasteiger partial charge in [-0.1, -0.05) is 0 Å². The van der Waals surface area contributed by atoms with Gasteiger partial charge >= 0.3 is 5.69 Å². The molecule has 3 rings (SSSR count). The lowest BCUT2D eigenvalue weighted by Crippen LogP contribution is -2.15. The Morgan fingerprint density at radius 1 is 1.33 bits per heavy atom. The Bertz CT molecular complexity index is 997. The van der Waals surface area contributed by atoms with E-state index in [-0.39, 0.29) is 30.4 Å². The molecule has 3 aromatic rings. The van der Waals surface area contributed by atoms with E-state index in [1.807, 2.05) is 0 Å². The third-order valence-corrected chi connectivity index (χ3v) is 4.76. The minimum Gasteiger partial charge on any atom is -0.316 e. The van der Waals surface area contributed by atoms with Gasteiger partial charge in [0.05, 0.1) is 17.0 Å². The zero-order valence-corrected chi connectivity index (χ0v) is 15.4. The van der Waals surface area contributed by atoms with Crippen molar-refractivity contribution in [3.63, 3.8) is 0 Å². The second-order valence-electron chi connectivity index (χ2n) is 5.83. The topological polar surface area (TPSA) is 103 Å². The highest BCUT2D eigenvalue weighted by atomic mass is 32.1. The van der Waals surface area contributed by atoms with Crippen LogP contribution in [0.3, 0.4) is 0 Å². The lowest BCUT2D eigenvalue weighted by Gasteiger charge is -2.06. The molecule has 0 aliphatic rings. The molecule has 0 bridgehead atoms. The van der Waals surface area contributed by atoms with Crippen LogP contribution in [0.5, 0.6) is 0 Å². The summed E-state index contributed by atoms with van der Waals surface area (Å²) in [6.45, 7) is 3.39. The quantitative estimate of drug-likeness (QED) is 0.511. The van der Waals surface area contributed by atoms with Gasteiger partial charge in [0.2, 0.25) is 5.91 Å². The second-order valence-corrected chi connectivity index (χ2v) is 6.69. The van der Waals surface area contributed by atoms with Gasteiger partial charge in [0.1, 0.15) is 27.9 Å². The first-order valence-corrected chi connectivity index (χ1v) is 8.92. The normalized spacial score (nSPS) is 10.8.